The Kier molecular flexibility index (Phi) is 1.66. The largest absolute Gasteiger partial charge is 0.279 e. The van der Waals surface area contributed by atoms with E-state index in [4.69, 9.17) is 0 Å². The number of rotatable bonds is 0. The van der Waals surface area contributed by atoms with Crippen molar-refractivity contribution in [3.05, 3.63) is 10.4 Å². The second-order valence-corrected chi connectivity index (χ2v) is 5.78. The predicted octanol–water partition coefficient (Wildman–Crippen LogP) is 0.655. The molecule has 0 aromatic carbocycles. The average Bonchev–Trinajstić information content (AvgIpc) is 3.14. The average molecular weight is 272 g/mol. The standard InChI is InChI=1S/C10H8N8S/c1-2-4-6-5(3-1)7-8-11-13-15-17(8)10-12-14-16-18(10)9(7)19-6/h1-4H2. The fraction of sp³-hybridized carbons (Fsp3) is 0.400. The van der Waals surface area contributed by atoms with Gasteiger partial charge < -0.3 is 0 Å². The molecule has 5 rings (SSSR count). The van der Waals surface area contributed by atoms with Crippen molar-refractivity contribution in [1.29, 1.82) is 0 Å². The van der Waals surface area contributed by atoms with E-state index in [9.17, 15) is 0 Å². The Labute approximate surface area is 110 Å². The molecule has 0 N–H and O–H groups in total. The van der Waals surface area contributed by atoms with E-state index in [0.29, 0.717) is 5.78 Å². The van der Waals surface area contributed by atoms with Crippen molar-refractivity contribution in [2.45, 2.75) is 25.7 Å². The summed E-state index contributed by atoms with van der Waals surface area (Å²) in [7, 11) is 0. The molecule has 8 nitrogen and oxygen atoms in total. The molecular formula is C10H8N8S. The second-order valence-electron chi connectivity index (χ2n) is 4.70. The van der Waals surface area contributed by atoms with Crippen molar-refractivity contribution in [3.63, 3.8) is 0 Å². The van der Waals surface area contributed by atoms with Gasteiger partial charge in [-0.25, -0.2) is 0 Å². The molecule has 1 aliphatic carbocycles. The van der Waals surface area contributed by atoms with Crippen LogP contribution in [0.15, 0.2) is 0 Å². The number of aryl methyl sites for hydroxylation is 2. The first-order valence-electron chi connectivity index (χ1n) is 6.16. The SMILES string of the molecule is C1CCc2c(sc3c2c2nnnn2c2nnnn32)C1. The molecule has 0 amide bonds. The molecule has 0 saturated carbocycles. The summed E-state index contributed by atoms with van der Waals surface area (Å²) in [6.45, 7) is 0. The first-order chi connectivity index (χ1) is 9.43. The fourth-order valence-corrected chi connectivity index (χ4v) is 4.18. The van der Waals surface area contributed by atoms with Crippen LogP contribution in [0.4, 0.5) is 0 Å². The van der Waals surface area contributed by atoms with Crippen molar-refractivity contribution in [2.24, 2.45) is 0 Å². The monoisotopic (exact) mass is 272 g/mol. The molecule has 0 bridgehead atoms. The maximum atomic E-state index is 4.16. The molecule has 0 saturated heterocycles. The quantitative estimate of drug-likeness (QED) is 0.467. The highest BCUT2D eigenvalue weighted by Crippen LogP contribution is 2.37. The van der Waals surface area contributed by atoms with Crippen LogP contribution in [-0.4, -0.2) is 40.1 Å². The molecule has 19 heavy (non-hydrogen) atoms. The lowest BCUT2D eigenvalue weighted by Crippen LogP contribution is -2.01. The van der Waals surface area contributed by atoms with Crippen molar-refractivity contribution >= 4 is 33.0 Å². The number of thiophene rings is 1. The summed E-state index contributed by atoms with van der Waals surface area (Å²) in [5, 5.41) is 24.8. The molecule has 94 valence electrons. The topological polar surface area (TPSA) is 86.2 Å². The maximum absolute atomic E-state index is 4.16. The molecule has 9 heteroatoms. The number of hydrogen-bond acceptors (Lipinski definition) is 7. The van der Waals surface area contributed by atoms with Gasteiger partial charge in [0.2, 0.25) is 0 Å². The number of aromatic nitrogens is 8. The maximum Gasteiger partial charge on any atom is 0.279 e. The van der Waals surface area contributed by atoms with Gasteiger partial charge >= 0.3 is 0 Å². The van der Waals surface area contributed by atoms with Crippen LogP contribution in [0.25, 0.3) is 21.6 Å². The molecule has 0 aliphatic heterocycles. The van der Waals surface area contributed by atoms with Crippen LogP contribution in [0.3, 0.4) is 0 Å². The van der Waals surface area contributed by atoms with E-state index in [1.165, 1.54) is 23.3 Å². The summed E-state index contributed by atoms with van der Waals surface area (Å²) in [6.07, 6.45) is 4.69. The molecule has 4 heterocycles. The molecule has 0 unspecified atom stereocenters. The number of nitrogens with zero attached hydrogens (tertiary/aromatic N) is 8. The van der Waals surface area contributed by atoms with Gasteiger partial charge in [0.1, 0.15) is 4.83 Å². The number of tetrazole rings is 2. The van der Waals surface area contributed by atoms with Gasteiger partial charge in [0.25, 0.3) is 5.78 Å². The third kappa shape index (κ3) is 1.09. The van der Waals surface area contributed by atoms with E-state index in [-0.39, 0.29) is 0 Å². The van der Waals surface area contributed by atoms with Gasteiger partial charge in [-0.05, 0) is 52.1 Å². The predicted molar refractivity (Wildman–Crippen MR) is 67.1 cm³/mol. The minimum atomic E-state index is 0.561. The lowest BCUT2D eigenvalue weighted by Gasteiger charge is -2.09. The minimum Gasteiger partial charge on any atom is -0.166 e. The van der Waals surface area contributed by atoms with Gasteiger partial charge in [0.05, 0.1) is 5.39 Å². The zero-order valence-electron chi connectivity index (χ0n) is 9.81. The zero-order chi connectivity index (χ0) is 12.4. The Morgan fingerprint density at radius 1 is 0.947 bits per heavy atom. The van der Waals surface area contributed by atoms with Gasteiger partial charge in [-0.3, -0.25) is 0 Å². The molecule has 0 radical (unpaired) electrons. The zero-order valence-corrected chi connectivity index (χ0v) is 10.6. The summed E-state index contributed by atoms with van der Waals surface area (Å²) in [6, 6.07) is 0. The van der Waals surface area contributed by atoms with Crippen LogP contribution in [0.5, 0.6) is 0 Å². The van der Waals surface area contributed by atoms with Crippen LogP contribution < -0.4 is 0 Å². The van der Waals surface area contributed by atoms with Crippen LogP contribution in [0.2, 0.25) is 0 Å². The van der Waals surface area contributed by atoms with Gasteiger partial charge in [0.15, 0.2) is 5.65 Å². The molecule has 4 aromatic heterocycles. The van der Waals surface area contributed by atoms with Gasteiger partial charge in [-0.2, -0.15) is 9.03 Å². The summed E-state index contributed by atoms with van der Waals surface area (Å²) in [4.78, 5) is 2.48. The smallest absolute Gasteiger partial charge is 0.166 e. The van der Waals surface area contributed by atoms with Crippen LogP contribution in [0.1, 0.15) is 23.3 Å². The van der Waals surface area contributed by atoms with Crippen LogP contribution >= 0.6 is 11.3 Å². The van der Waals surface area contributed by atoms with E-state index in [1.807, 2.05) is 0 Å². The highest BCUT2D eigenvalue weighted by atomic mass is 32.1. The molecule has 4 aromatic rings. The van der Waals surface area contributed by atoms with Crippen molar-refractivity contribution in [1.82, 2.24) is 40.1 Å². The lowest BCUT2D eigenvalue weighted by atomic mass is 9.97. The summed E-state index contributed by atoms with van der Waals surface area (Å²) in [5.41, 5.74) is 2.14. The Morgan fingerprint density at radius 3 is 2.79 bits per heavy atom. The van der Waals surface area contributed by atoms with E-state index in [2.05, 4.69) is 31.1 Å². The third-order valence-corrected chi connectivity index (χ3v) is 4.95. The number of fused-ring (bicyclic) bond motifs is 8. The summed E-state index contributed by atoms with van der Waals surface area (Å²) < 4.78 is 3.35. The highest BCUT2D eigenvalue weighted by molar-refractivity contribution is 7.19. The normalized spacial score (nSPS) is 15.6. The van der Waals surface area contributed by atoms with Crippen molar-refractivity contribution in [3.8, 4) is 0 Å². The van der Waals surface area contributed by atoms with Crippen molar-refractivity contribution < 1.29 is 0 Å². The van der Waals surface area contributed by atoms with Gasteiger partial charge in [-0.1, -0.05) is 5.10 Å². The van der Waals surface area contributed by atoms with E-state index in [0.717, 1.165) is 28.7 Å². The van der Waals surface area contributed by atoms with Crippen molar-refractivity contribution in [2.75, 3.05) is 0 Å². The van der Waals surface area contributed by atoms with Crippen LogP contribution in [0, 0.1) is 0 Å². The van der Waals surface area contributed by atoms with Gasteiger partial charge in [-0.15, -0.1) is 16.4 Å². The highest BCUT2D eigenvalue weighted by Gasteiger charge is 2.23. The van der Waals surface area contributed by atoms with Gasteiger partial charge in [0, 0.05) is 4.88 Å². The van der Waals surface area contributed by atoms with E-state index in [1.54, 1.807) is 20.4 Å². The first kappa shape index (κ1) is 9.73. The Balaban J connectivity index is 2.13. The lowest BCUT2D eigenvalue weighted by molar-refractivity contribution is 0.700. The molecule has 1 aliphatic rings. The Hall–Kier alpha value is -2.16. The second kappa shape index (κ2) is 3.23. The minimum absolute atomic E-state index is 0.561. The summed E-state index contributed by atoms with van der Waals surface area (Å²) >= 11 is 1.76. The molecule has 0 spiro atoms. The van der Waals surface area contributed by atoms with Crippen LogP contribution in [-0.2, 0) is 12.8 Å². The Bertz CT molecular complexity index is 931. The first-order valence-corrected chi connectivity index (χ1v) is 6.97. The molecule has 0 fully saturated rings. The van der Waals surface area contributed by atoms with E-state index < -0.39 is 0 Å². The molecular weight excluding hydrogens is 264 g/mol. The fourth-order valence-electron chi connectivity index (χ4n) is 2.85. The molecule has 0 atom stereocenters. The number of hydrogen-bond donors (Lipinski definition) is 0. The van der Waals surface area contributed by atoms with E-state index >= 15 is 0 Å². The third-order valence-electron chi connectivity index (χ3n) is 3.68. The Morgan fingerprint density at radius 2 is 1.79 bits per heavy atom. The summed E-state index contributed by atoms with van der Waals surface area (Å²) in [5.74, 6) is 0.561.